The minimum Gasteiger partial charge on any atom is -0.351 e. The fraction of sp³-hybridized carbons (Fsp3) is 1.00. The Hall–Kier alpha value is -0.120. The second-order valence-corrected chi connectivity index (χ2v) is 4.19. The normalized spacial score (nSPS) is 18.4. The molecule has 3 nitrogen and oxygen atoms in total. The molecular weight excluding hydrogens is 190 g/mol. The first-order valence-electron chi connectivity index (χ1n) is 6.22. The Morgan fingerprint density at radius 2 is 1.80 bits per heavy atom. The topological polar surface area (TPSA) is 30.5 Å². The van der Waals surface area contributed by atoms with E-state index in [2.05, 4.69) is 5.32 Å². The summed E-state index contributed by atoms with van der Waals surface area (Å²) < 4.78 is 11.2. The van der Waals surface area contributed by atoms with Gasteiger partial charge in [-0.25, -0.2) is 0 Å². The third kappa shape index (κ3) is 4.96. The van der Waals surface area contributed by atoms with Crippen molar-refractivity contribution >= 4 is 0 Å². The molecule has 0 aromatic carbocycles. The lowest BCUT2D eigenvalue weighted by atomic mass is 10.1. The smallest absolute Gasteiger partial charge is 0.172 e. The van der Waals surface area contributed by atoms with Crippen molar-refractivity contribution in [3.63, 3.8) is 0 Å². The Balaban J connectivity index is 2.28. The fourth-order valence-corrected chi connectivity index (χ4v) is 1.85. The molecule has 0 heterocycles. The zero-order valence-electron chi connectivity index (χ0n) is 10.3. The Labute approximate surface area is 93.5 Å². The molecule has 1 fully saturated rings. The van der Waals surface area contributed by atoms with Crippen molar-refractivity contribution in [1.82, 2.24) is 5.32 Å². The van der Waals surface area contributed by atoms with Crippen LogP contribution in [0, 0.1) is 5.92 Å². The van der Waals surface area contributed by atoms with Crippen LogP contribution in [0.4, 0.5) is 0 Å². The van der Waals surface area contributed by atoms with Gasteiger partial charge in [-0.15, -0.1) is 0 Å². The first kappa shape index (κ1) is 12.9. The van der Waals surface area contributed by atoms with E-state index >= 15 is 0 Å². The fourth-order valence-electron chi connectivity index (χ4n) is 1.85. The highest BCUT2D eigenvalue weighted by Gasteiger charge is 2.26. The van der Waals surface area contributed by atoms with Crippen molar-refractivity contribution in [2.45, 2.75) is 51.9 Å². The van der Waals surface area contributed by atoms with E-state index in [1.54, 1.807) is 0 Å². The van der Waals surface area contributed by atoms with Crippen LogP contribution >= 0.6 is 0 Å². The van der Waals surface area contributed by atoms with Gasteiger partial charge in [0.25, 0.3) is 0 Å². The highest BCUT2D eigenvalue weighted by Crippen LogP contribution is 2.34. The summed E-state index contributed by atoms with van der Waals surface area (Å²) in [7, 11) is 1.99. The second-order valence-electron chi connectivity index (χ2n) is 4.19. The summed E-state index contributed by atoms with van der Waals surface area (Å²) >= 11 is 0. The van der Waals surface area contributed by atoms with Crippen molar-refractivity contribution in [2.75, 3.05) is 20.3 Å². The van der Waals surface area contributed by atoms with E-state index in [0.29, 0.717) is 19.3 Å². The molecule has 0 saturated heterocycles. The zero-order valence-corrected chi connectivity index (χ0v) is 10.3. The van der Waals surface area contributed by atoms with E-state index in [1.807, 2.05) is 20.9 Å². The lowest BCUT2D eigenvalue weighted by Gasteiger charge is -2.26. The number of nitrogens with one attached hydrogen (secondary N) is 1. The van der Waals surface area contributed by atoms with Gasteiger partial charge < -0.3 is 14.8 Å². The quantitative estimate of drug-likeness (QED) is 0.598. The van der Waals surface area contributed by atoms with E-state index in [4.69, 9.17) is 9.47 Å². The minimum atomic E-state index is -0.0799. The maximum absolute atomic E-state index is 5.60. The van der Waals surface area contributed by atoms with Crippen LogP contribution in [-0.2, 0) is 9.47 Å². The van der Waals surface area contributed by atoms with E-state index in [0.717, 1.165) is 12.3 Å². The molecule has 1 aliphatic carbocycles. The number of ether oxygens (including phenoxy) is 2. The Kier molecular flexibility index (Phi) is 6.22. The van der Waals surface area contributed by atoms with Crippen LogP contribution in [0.3, 0.4) is 0 Å². The largest absolute Gasteiger partial charge is 0.351 e. The van der Waals surface area contributed by atoms with Crippen LogP contribution in [0.1, 0.15) is 39.5 Å². The predicted molar refractivity (Wildman–Crippen MR) is 61.8 cm³/mol. The molecule has 1 aliphatic rings. The van der Waals surface area contributed by atoms with Crippen molar-refractivity contribution in [1.29, 1.82) is 0 Å². The van der Waals surface area contributed by atoms with Crippen molar-refractivity contribution in [3.05, 3.63) is 0 Å². The van der Waals surface area contributed by atoms with E-state index < -0.39 is 0 Å². The van der Waals surface area contributed by atoms with Crippen molar-refractivity contribution in [3.8, 4) is 0 Å². The van der Waals surface area contributed by atoms with Gasteiger partial charge in [0.1, 0.15) is 0 Å². The molecule has 0 radical (unpaired) electrons. The number of hydrogen-bond donors (Lipinski definition) is 1. The Morgan fingerprint density at radius 1 is 1.20 bits per heavy atom. The SMILES string of the molecule is CCOC(OCC)C(CCC1CC1)NC. The maximum Gasteiger partial charge on any atom is 0.172 e. The molecule has 90 valence electrons. The van der Waals surface area contributed by atoms with Crippen molar-refractivity contribution < 1.29 is 9.47 Å². The van der Waals surface area contributed by atoms with Gasteiger partial charge in [-0.3, -0.25) is 0 Å². The standard InChI is InChI=1S/C12H25NO2/c1-4-14-12(15-5-2)11(13-3)9-8-10-6-7-10/h10-13H,4-9H2,1-3H3. The second kappa shape index (κ2) is 7.20. The third-order valence-electron chi connectivity index (χ3n) is 2.94. The summed E-state index contributed by atoms with van der Waals surface area (Å²) in [6, 6.07) is 0.338. The maximum atomic E-state index is 5.60. The lowest BCUT2D eigenvalue weighted by Crippen LogP contribution is -2.41. The van der Waals surface area contributed by atoms with Crippen molar-refractivity contribution in [2.24, 2.45) is 5.92 Å². The van der Waals surface area contributed by atoms with Crippen LogP contribution in [0.25, 0.3) is 0 Å². The average molecular weight is 215 g/mol. The third-order valence-corrected chi connectivity index (χ3v) is 2.94. The zero-order chi connectivity index (χ0) is 11.1. The minimum absolute atomic E-state index is 0.0799. The van der Waals surface area contributed by atoms with Gasteiger partial charge in [-0.1, -0.05) is 12.8 Å². The van der Waals surface area contributed by atoms with Gasteiger partial charge in [-0.2, -0.15) is 0 Å². The Bertz CT molecular complexity index is 154. The summed E-state index contributed by atoms with van der Waals surface area (Å²) in [5, 5.41) is 3.30. The monoisotopic (exact) mass is 215 g/mol. The number of likely N-dealkylation sites (N-methyl/N-ethyl adjacent to an activating group) is 1. The van der Waals surface area contributed by atoms with E-state index in [9.17, 15) is 0 Å². The highest BCUT2D eigenvalue weighted by molar-refractivity contribution is 4.77. The number of rotatable bonds is 9. The molecule has 0 aromatic rings. The van der Waals surface area contributed by atoms with Crippen LogP contribution in [0.5, 0.6) is 0 Å². The number of hydrogen-bond acceptors (Lipinski definition) is 3. The molecule has 1 unspecified atom stereocenters. The molecule has 1 N–H and O–H groups in total. The molecule has 0 spiro atoms. The van der Waals surface area contributed by atoms with Gasteiger partial charge in [0.05, 0.1) is 6.04 Å². The van der Waals surface area contributed by atoms with Crippen LogP contribution in [-0.4, -0.2) is 32.6 Å². The van der Waals surface area contributed by atoms with Gasteiger partial charge >= 0.3 is 0 Å². The first-order valence-corrected chi connectivity index (χ1v) is 6.22. The molecular formula is C12H25NO2. The molecule has 1 atom stereocenters. The highest BCUT2D eigenvalue weighted by atomic mass is 16.7. The molecule has 0 aromatic heterocycles. The summed E-state index contributed by atoms with van der Waals surface area (Å²) in [6.45, 7) is 5.46. The summed E-state index contributed by atoms with van der Waals surface area (Å²) in [4.78, 5) is 0. The van der Waals surface area contributed by atoms with Gasteiger partial charge in [-0.05, 0) is 39.7 Å². The molecule has 15 heavy (non-hydrogen) atoms. The van der Waals surface area contributed by atoms with E-state index in [1.165, 1.54) is 19.3 Å². The molecule has 1 rings (SSSR count). The summed E-state index contributed by atoms with van der Waals surface area (Å²) in [6.07, 6.45) is 5.23. The molecule has 0 aliphatic heterocycles. The van der Waals surface area contributed by atoms with Gasteiger partial charge in [0, 0.05) is 13.2 Å². The Morgan fingerprint density at radius 3 is 2.20 bits per heavy atom. The van der Waals surface area contributed by atoms with Crippen LogP contribution in [0.15, 0.2) is 0 Å². The molecule has 3 heteroatoms. The molecule has 0 bridgehead atoms. The van der Waals surface area contributed by atoms with Gasteiger partial charge in [0.2, 0.25) is 0 Å². The van der Waals surface area contributed by atoms with E-state index in [-0.39, 0.29) is 6.29 Å². The average Bonchev–Trinajstić information content (AvgIpc) is 3.03. The lowest BCUT2D eigenvalue weighted by molar-refractivity contribution is -0.154. The van der Waals surface area contributed by atoms with Gasteiger partial charge in [0.15, 0.2) is 6.29 Å². The first-order chi connectivity index (χ1) is 7.31. The summed E-state index contributed by atoms with van der Waals surface area (Å²) in [5.41, 5.74) is 0. The molecule has 1 saturated carbocycles. The predicted octanol–water partition coefficient (Wildman–Crippen LogP) is 2.16. The summed E-state index contributed by atoms with van der Waals surface area (Å²) in [5.74, 6) is 0.977. The van der Waals surface area contributed by atoms with Crippen LogP contribution < -0.4 is 5.32 Å². The van der Waals surface area contributed by atoms with Crippen LogP contribution in [0.2, 0.25) is 0 Å². The molecule has 0 amide bonds.